The quantitative estimate of drug-likeness (QED) is 0.539. The van der Waals surface area contributed by atoms with Gasteiger partial charge in [-0.3, -0.25) is 4.79 Å². The Labute approximate surface area is 162 Å². The van der Waals surface area contributed by atoms with Gasteiger partial charge in [0.1, 0.15) is 5.82 Å². The van der Waals surface area contributed by atoms with Crippen molar-refractivity contribution in [2.45, 2.75) is 37.2 Å². The number of aryl methyl sites for hydroxylation is 1. The second-order valence-electron chi connectivity index (χ2n) is 5.38. The van der Waals surface area contributed by atoms with Crippen LogP contribution in [-0.4, -0.2) is 30.9 Å². The Bertz CT molecular complexity index is 910. The van der Waals surface area contributed by atoms with Gasteiger partial charge in [0.25, 0.3) is 0 Å². The van der Waals surface area contributed by atoms with Gasteiger partial charge in [0.15, 0.2) is 5.16 Å². The summed E-state index contributed by atoms with van der Waals surface area (Å²) in [5, 5.41) is 17.3. The monoisotopic (exact) mass is 436 g/mol. The zero-order valence-corrected chi connectivity index (χ0v) is 16.5. The van der Waals surface area contributed by atoms with E-state index in [1.165, 1.54) is 11.8 Å². The molecule has 1 amide bonds. The lowest BCUT2D eigenvalue weighted by molar-refractivity contribution is -0.118. The molecule has 3 aromatic rings. The topological polar surface area (TPSA) is 113 Å². The summed E-state index contributed by atoms with van der Waals surface area (Å²) < 4.78 is 8.59. The first kappa shape index (κ1) is 18.6. The highest BCUT2D eigenvalue weighted by Crippen LogP contribution is 2.28. The van der Waals surface area contributed by atoms with E-state index in [1.807, 2.05) is 35.8 Å². The number of amides is 1. The average molecular weight is 437 g/mol. The highest BCUT2D eigenvalue weighted by Gasteiger charge is 2.15. The molecule has 0 bridgehead atoms. The fourth-order valence-corrected chi connectivity index (χ4v) is 3.66. The fraction of sp³-hybridized carbons (Fsp3) is 0.312. The molecule has 2 N–H and O–H groups in total. The van der Waals surface area contributed by atoms with Gasteiger partial charge in [-0.1, -0.05) is 23.9 Å². The number of thioether (sulfide) groups is 1. The van der Waals surface area contributed by atoms with Gasteiger partial charge in [0.05, 0.1) is 11.3 Å². The van der Waals surface area contributed by atoms with Crippen molar-refractivity contribution in [2.24, 2.45) is 5.73 Å². The van der Waals surface area contributed by atoms with Crippen molar-refractivity contribution in [3.05, 3.63) is 40.5 Å². The van der Waals surface area contributed by atoms with Gasteiger partial charge in [-0.2, -0.15) is 0 Å². The third-order valence-corrected chi connectivity index (χ3v) is 5.24. The van der Waals surface area contributed by atoms with Gasteiger partial charge >= 0.3 is 0 Å². The summed E-state index contributed by atoms with van der Waals surface area (Å²) in [4.78, 5) is 11.0. The predicted molar refractivity (Wildman–Crippen MR) is 100 cm³/mol. The molecule has 0 aliphatic carbocycles. The Kier molecular flexibility index (Phi) is 6.04. The summed E-state index contributed by atoms with van der Waals surface area (Å²) in [5.74, 6) is 1.84. The van der Waals surface area contributed by atoms with Crippen LogP contribution in [0.3, 0.4) is 0 Å². The van der Waals surface area contributed by atoms with Gasteiger partial charge < -0.3 is 14.7 Å². The van der Waals surface area contributed by atoms with Crippen molar-refractivity contribution >= 4 is 33.6 Å². The molecule has 0 fully saturated rings. The van der Waals surface area contributed by atoms with Crippen LogP contribution in [0.15, 0.2) is 38.3 Å². The van der Waals surface area contributed by atoms with Gasteiger partial charge in [-0.15, -0.1) is 20.4 Å². The number of carbonyl (C=O) groups is 1. The van der Waals surface area contributed by atoms with Crippen molar-refractivity contribution in [3.63, 3.8) is 0 Å². The molecule has 2 heterocycles. The van der Waals surface area contributed by atoms with Crippen LogP contribution in [0.25, 0.3) is 11.5 Å². The highest BCUT2D eigenvalue weighted by molar-refractivity contribution is 9.10. The molecule has 0 atom stereocenters. The number of nitrogens with zero attached hydrogens (tertiary/aromatic N) is 5. The number of hydrogen-bond donors (Lipinski definition) is 1. The second kappa shape index (κ2) is 8.45. The van der Waals surface area contributed by atoms with E-state index in [0.29, 0.717) is 30.5 Å². The molecule has 1 aromatic carbocycles. The van der Waals surface area contributed by atoms with E-state index in [0.717, 1.165) is 21.0 Å². The number of primary amides is 1. The molecule has 0 radical (unpaired) electrons. The molecule has 0 spiro atoms. The minimum atomic E-state index is -0.352. The molecular formula is C16H17BrN6O2S. The zero-order chi connectivity index (χ0) is 18.5. The van der Waals surface area contributed by atoms with E-state index in [-0.39, 0.29) is 12.3 Å². The Hall–Kier alpha value is -2.20. The maximum Gasteiger partial charge on any atom is 0.248 e. The van der Waals surface area contributed by atoms with Crippen molar-refractivity contribution in [1.29, 1.82) is 0 Å². The fourth-order valence-electron chi connectivity index (χ4n) is 2.35. The first-order valence-corrected chi connectivity index (χ1v) is 9.76. The first-order valence-electron chi connectivity index (χ1n) is 7.99. The number of benzene rings is 1. The third kappa shape index (κ3) is 4.31. The summed E-state index contributed by atoms with van der Waals surface area (Å²) in [6.45, 7) is 2.70. The van der Waals surface area contributed by atoms with Crippen LogP contribution in [0.5, 0.6) is 0 Å². The first-order chi connectivity index (χ1) is 12.6. The summed E-state index contributed by atoms with van der Waals surface area (Å²) >= 11 is 4.93. The molecule has 0 unspecified atom stereocenters. The minimum Gasteiger partial charge on any atom is -0.420 e. The third-order valence-electron chi connectivity index (χ3n) is 3.60. The predicted octanol–water partition coefficient (Wildman–Crippen LogP) is 2.82. The molecule has 0 saturated heterocycles. The molecule has 26 heavy (non-hydrogen) atoms. The number of carbonyl (C=O) groups excluding carboxylic acids is 1. The largest absolute Gasteiger partial charge is 0.420 e. The Morgan fingerprint density at radius 2 is 2.08 bits per heavy atom. The number of rotatable bonds is 8. The van der Waals surface area contributed by atoms with Crippen LogP contribution >= 0.6 is 27.7 Å². The van der Waals surface area contributed by atoms with Crippen LogP contribution in [-0.2, 0) is 23.5 Å². The zero-order valence-electron chi connectivity index (χ0n) is 14.1. The van der Waals surface area contributed by atoms with E-state index < -0.39 is 0 Å². The van der Waals surface area contributed by atoms with Crippen molar-refractivity contribution in [2.75, 3.05) is 0 Å². The Balaban J connectivity index is 1.68. The van der Waals surface area contributed by atoms with Crippen LogP contribution in [0, 0.1) is 0 Å². The summed E-state index contributed by atoms with van der Waals surface area (Å²) in [6.07, 6.45) is 0.727. The van der Waals surface area contributed by atoms with Crippen LogP contribution in [0.2, 0.25) is 0 Å². The Morgan fingerprint density at radius 1 is 1.27 bits per heavy atom. The SMILES string of the molecule is CCn1c(CCC(N)=O)nnc1SCc1nnc(-c2ccccc2Br)o1. The van der Waals surface area contributed by atoms with Crippen molar-refractivity contribution in [3.8, 4) is 11.5 Å². The van der Waals surface area contributed by atoms with E-state index >= 15 is 0 Å². The summed E-state index contributed by atoms with van der Waals surface area (Å²) in [5.41, 5.74) is 6.05. The van der Waals surface area contributed by atoms with Crippen LogP contribution in [0.1, 0.15) is 25.1 Å². The summed E-state index contributed by atoms with van der Waals surface area (Å²) in [7, 11) is 0. The molecule has 3 rings (SSSR count). The molecule has 8 nitrogen and oxygen atoms in total. The lowest BCUT2D eigenvalue weighted by Crippen LogP contribution is -2.13. The number of halogens is 1. The van der Waals surface area contributed by atoms with Crippen LogP contribution < -0.4 is 5.73 Å². The lowest BCUT2D eigenvalue weighted by atomic mass is 10.2. The minimum absolute atomic E-state index is 0.252. The molecule has 0 aliphatic rings. The second-order valence-corrected chi connectivity index (χ2v) is 7.18. The normalized spacial score (nSPS) is 11.0. The van der Waals surface area contributed by atoms with Crippen molar-refractivity contribution in [1.82, 2.24) is 25.0 Å². The Morgan fingerprint density at radius 3 is 2.81 bits per heavy atom. The van der Waals surface area contributed by atoms with Gasteiger partial charge in [-0.05, 0) is 35.0 Å². The van der Waals surface area contributed by atoms with Gasteiger partial charge in [-0.25, -0.2) is 0 Å². The van der Waals surface area contributed by atoms with E-state index in [9.17, 15) is 4.79 Å². The van der Waals surface area contributed by atoms with Gasteiger partial charge in [0, 0.05) is 23.9 Å². The number of hydrogen-bond acceptors (Lipinski definition) is 7. The maximum absolute atomic E-state index is 11.0. The number of aromatic nitrogens is 5. The number of nitrogens with two attached hydrogens (primary N) is 1. The molecule has 0 saturated carbocycles. The summed E-state index contributed by atoms with van der Waals surface area (Å²) in [6, 6.07) is 7.67. The molecular weight excluding hydrogens is 420 g/mol. The molecule has 2 aromatic heterocycles. The van der Waals surface area contributed by atoms with E-state index in [4.69, 9.17) is 10.2 Å². The van der Waals surface area contributed by atoms with E-state index in [2.05, 4.69) is 36.3 Å². The maximum atomic E-state index is 11.0. The average Bonchev–Trinajstić information content (AvgIpc) is 3.25. The van der Waals surface area contributed by atoms with E-state index in [1.54, 1.807) is 0 Å². The highest BCUT2D eigenvalue weighted by atomic mass is 79.9. The lowest BCUT2D eigenvalue weighted by Gasteiger charge is -2.05. The smallest absolute Gasteiger partial charge is 0.248 e. The van der Waals surface area contributed by atoms with Crippen molar-refractivity contribution < 1.29 is 9.21 Å². The van der Waals surface area contributed by atoms with Crippen LogP contribution in [0.4, 0.5) is 0 Å². The molecule has 136 valence electrons. The van der Waals surface area contributed by atoms with Gasteiger partial charge in [0.2, 0.25) is 17.7 Å². The standard InChI is InChI=1S/C16H17BrN6O2S/c1-2-23-13(8-7-12(18)24)19-22-16(23)26-9-14-20-21-15(25-14)10-5-3-4-6-11(10)17/h3-6H,2,7-9H2,1H3,(H2,18,24). The molecule has 0 aliphatic heterocycles. The molecule has 10 heteroatoms.